The van der Waals surface area contributed by atoms with Gasteiger partial charge in [-0.05, 0) is 50.6 Å². The molecule has 7 nitrogen and oxygen atoms in total. The third-order valence-electron chi connectivity index (χ3n) is 5.70. The minimum atomic E-state index is -3.60. The fourth-order valence-electron chi connectivity index (χ4n) is 4.26. The molecule has 3 heterocycles. The molecule has 29 heavy (non-hydrogen) atoms. The number of sulfonamides is 1. The number of benzene rings is 1. The van der Waals surface area contributed by atoms with E-state index in [0.717, 1.165) is 35.0 Å². The molecule has 4 rings (SSSR count). The molecule has 0 aliphatic carbocycles. The number of hydrogen-bond acceptors (Lipinski definition) is 4. The van der Waals surface area contributed by atoms with Crippen LogP contribution in [0.4, 0.5) is 0 Å². The van der Waals surface area contributed by atoms with Crippen LogP contribution >= 0.6 is 0 Å². The Balaban J connectivity index is 1.67. The lowest BCUT2D eigenvalue weighted by atomic mass is 9.93. The normalized spacial score (nSPS) is 18.4. The molecule has 3 aromatic rings. The largest absolute Gasteiger partial charge is 0.325 e. The Hall–Kier alpha value is -2.45. The first-order valence-electron chi connectivity index (χ1n) is 9.96. The molecule has 2 aromatic heterocycles. The van der Waals surface area contributed by atoms with E-state index >= 15 is 0 Å². The highest BCUT2D eigenvalue weighted by molar-refractivity contribution is 7.89. The number of aromatic amines is 1. The molecule has 1 saturated heterocycles. The molecular formula is C21H26N4O3S. The fourth-order valence-corrected chi connectivity index (χ4v) is 5.74. The first kappa shape index (κ1) is 19.8. The molecule has 0 unspecified atom stereocenters. The van der Waals surface area contributed by atoms with Gasteiger partial charge in [0.2, 0.25) is 10.0 Å². The summed E-state index contributed by atoms with van der Waals surface area (Å²) in [5.41, 5.74) is 2.75. The van der Waals surface area contributed by atoms with Crippen molar-refractivity contribution in [1.29, 1.82) is 0 Å². The van der Waals surface area contributed by atoms with Gasteiger partial charge in [-0.25, -0.2) is 8.42 Å². The van der Waals surface area contributed by atoms with Gasteiger partial charge in [0.15, 0.2) is 0 Å². The van der Waals surface area contributed by atoms with Gasteiger partial charge in [-0.2, -0.15) is 9.40 Å². The minimum absolute atomic E-state index is 0.0438. The predicted octanol–water partition coefficient (Wildman–Crippen LogP) is 2.93. The average molecular weight is 415 g/mol. The number of H-pyrrole nitrogens is 1. The minimum Gasteiger partial charge on any atom is -0.325 e. The third-order valence-corrected chi connectivity index (χ3v) is 7.52. The van der Waals surface area contributed by atoms with Crippen LogP contribution in [0.2, 0.25) is 0 Å². The number of rotatable bonds is 4. The van der Waals surface area contributed by atoms with Crippen LogP contribution in [-0.4, -0.2) is 40.6 Å². The maximum atomic E-state index is 13.1. The van der Waals surface area contributed by atoms with Gasteiger partial charge in [0, 0.05) is 42.8 Å². The fraction of sp³-hybridized carbons (Fsp3) is 0.429. The summed E-state index contributed by atoms with van der Waals surface area (Å²) in [4.78, 5) is 15.9. The van der Waals surface area contributed by atoms with E-state index < -0.39 is 10.0 Å². The molecule has 1 aromatic carbocycles. The van der Waals surface area contributed by atoms with E-state index in [1.165, 1.54) is 10.5 Å². The summed E-state index contributed by atoms with van der Waals surface area (Å²) in [5.74, 6) is -0.0438. The molecule has 1 N–H and O–H groups in total. The Morgan fingerprint density at radius 2 is 2.03 bits per heavy atom. The highest BCUT2D eigenvalue weighted by Crippen LogP contribution is 2.30. The number of nitrogens with zero attached hydrogens (tertiary/aromatic N) is 3. The van der Waals surface area contributed by atoms with Gasteiger partial charge in [-0.3, -0.25) is 9.48 Å². The monoisotopic (exact) mass is 414 g/mol. The van der Waals surface area contributed by atoms with Crippen molar-refractivity contribution in [2.45, 2.75) is 51.0 Å². The van der Waals surface area contributed by atoms with Crippen molar-refractivity contribution >= 4 is 20.8 Å². The van der Waals surface area contributed by atoms with Gasteiger partial charge in [0.05, 0.1) is 6.20 Å². The molecule has 0 radical (unpaired) electrons. The predicted molar refractivity (Wildman–Crippen MR) is 113 cm³/mol. The first-order valence-corrected chi connectivity index (χ1v) is 11.4. The quantitative estimate of drug-likeness (QED) is 0.711. The van der Waals surface area contributed by atoms with E-state index in [4.69, 9.17) is 0 Å². The Morgan fingerprint density at radius 3 is 2.76 bits per heavy atom. The average Bonchev–Trinajstić information content (AvgIpc) is 3.17. The van der Waals surface area contributed by atoms with Gasteiger partial charge in [-0.15, -0.1) is 0 Å². The lowest BCUT2D eigenvalue weighted by Crippen LogP contribution is -2.39. The van der Waals surface area contributed by atoms with Crippen molar-refractivity contribution in [3.63, 3.8) is 0 Å². The van der Waals surface area contributed by atoms with E-state index in [0.29, 0.717) is 25.0 Å². The first-order chi connectivity index (χ1) is 13.8. The van der Waals surface area contributed by atoms with Crippen LogP contribution in [0.15, 0.2) is 40.3 Å². The molecule has 1 aliphatic heterocycles. The van der Waals surface area contributed by atoms with Crippen LogP contribution in [0, 0.1) is 13.8 Å². The van der Waals surface area contributed by atoms with Crippen LogP contribution in [0.5, 0.6) is 0 Å². The van der Waals surface area contributed by atoms with Crippen LogP contribution in [-0.2, 0) is 16.6 Å². The van der Waals surface area contributed by atoms with Gasteiger partial charge in [0.25, 0.3) is 5.56 Å². The number of hydrogen-bond donors (Lipinski definition) is 1. The van der Waals surface area contributed by atoms with E-state index in [2.05, 4.69) is 10.1 Å². The summed E-state index contributed by atoms with van der Waals surface area (Å²) < 4.78 is 29.3. The Bertz CT molecular complexity index is 1230. The summed E-state index contributed by atoms with van der Waals surface area (Å²) in [6.07, 6.45) is 4.57. The Morgan fingerprint density at radius 1 is 1.24 bits per heavy atom. The molecule has 0 saturated carbocycles. The zero-order chi connectivity index (χ0) is 20.8. The molecule has 0 bridgehead atoms. The summed E-state index contributed by atoms with van der Waals surface area (Å²) in [5, 5.41) is 5.71. The summed E-state index contributed by atoms with van der Waals surface area (Å²) >= 11 is 0. The Labute approximate surface area is 170 Å². The van der Waals surface area contributed by atoms with Crippen LogP contribution in [0.1, 0.15) is 42.5 Å². The molecular weight excluding hydrogens is 388 g/mol. The van der Waals surface area contributed by atoms with E-state index in [9.17, 15) is 13.2 Å². The number of pyridine rings is 1. The van der Waals surface area contributed by atoms with Gasteiger partial charge < -0.3 is 4.98 Å². The zero-order valence-corrected chi connectivity index (χ0v) is 17.8. The number of aromatic nitrogens is 3. The molecule has 1 atom stereocenters. The van der Waals surface area contributed by atoms with Gasteiger partial charge >= 0.3 is 0 Å². The maximum absolute atomic E-state index is 13.1. The van der Waals surface area contributed by atoms with E-state index in [1.807, 2.05) is 39.0 Å². The van der Waals surface area contributed by atoms with Crippen molar-refractivity contribution in [3.8, 4) is 0 Å². The summed E-state index contributed by atoms with van der Waals surface area (Å²) in [6, 6.07) is 6.02. The smallest absolute Gasteiger partial charge is 0.256 e. The van der Waals surface area contributed by atoms with Gasteiger partial charge in [-0.1, -0.05) is 17.7 Å². The zero-order valence-electron chi connectivity index (χ0n) is 17.0. The number of fused-ring (bicyclic) bond motifs is 1. The molecule has 154 valence electrons. The number of nitrogens with one attached hydrogen (secondary N) is 1. The molecule has 8 heteroatoms. The second-order valence-corrected chi connectivity index (χ2v) is 9.77. The van der Waals surface area contributed by atoms with Gasteiger partial charge in [0.1, 0.15) is 4.90 Å². The molecule has 0 amide bonds. The van der Waals surface area contributed by atoms with E-state index in [-0.39, 0.29) is 16.4 Å². The summed E-state index contributed by atoms with van der Waals surface area (Å²) in [6.45, 7) is 7.32. The lowest BCUT2D eigenvalue weighted by Gasteiger charge is -2.31. The molecule has 1 aliphatic rings. The van der Waals surface area contributed by atoms with Crippen molar-refractivity contribution in [1.82, 2.24) is 19.1 Å². The standard InChI is InChI=1S/C21H26N4O3S/c1-4-24-13-18(11-22-24)29(27,28)25-7-5-6-16(12-25)19-10-17-9-14(2)8-15(3)20(17)21(26)23-19/h8-11,13,16H,4-7,12H2,1-3H3,(H,23,26)/t16-/m0/s1. The second-order valence-electron chi connectivity index (χ2n) is 7.83. The highest BCUT2D eigenvalue weighted by atomic mass is 32.2. The van der Waals surface area contributed by atoms with Crippen molar-refractivity contribution in [3.05, 3.63) is 57.8 Å². The Kier molecular flexibility index (Phi) is 5.08. The van der Waals surface area contributed by atoms with Crippen molar-refractivity contribution in [2.24, 2.45) is 0 Å². The second kappa shape index (κ2) is 7.42. The van der Waals surface area contributed by atoms with Crippen LogP contribution < -0.4 is 5.56 Å². The van der Waals surface area contributed by atoms with Crippen molar-refractivity contribution < 1.29 is 8.42 Å². The molecule has 0 spiro atoms. The third kappa shape index (κ3) is 3.62. The van der Waals surface area contributed by atoms with Crippen LogP contribution in [0.25, 0.3) is 10.8 Å². The van der Waals surface area contributed by atoms with Crippen molar-refractivity contribution in [2.75, 3.05) is 13.1 Å². The van der Waals surface area contributed by atoms with E-state index in [1.54, 1.807) is 10.9 Å². The SMILES string of the molecule is CCn1cc(S(=O)(=O)N2CCC[C@H](c3cc4cc(C)cc(C)c4c(=O)[nH]3)C2)cn1. The van der Waals surface area contributed by atoms with Crippen LogP contribution in [0.3, 0.4) is 0 Å². The maximum Gasteiger partial charge on any atom is 0.256 e. The number of piperidine rings is 1. The lowest BCUT2D eigenvalue weighted by molar-refractivity contribution is 0.312. The summed E-state index contributed by atoms with van der Waals surface area (Å²) in [7, 11) is -3.60. The topological polar surface area (TPSA) is 88.1 Å². The molecule has 1 fully saturated rings. The number of aryl methyl sites for hydroxylation is 3. The highest BCUT2D eigenvalue weighted by Gasteiger charge is 2.32.